The maximum absolute atomic E-state index is 13.1. The van der Waals surface area contributed by atoms with Crippen LogP contribution in [0.4, 0.5) is 11.6 Å². The Hall–Kier alpha value is -3.33. The molecule has 0 aliphatic carbocycles. The van der Waals surface area contributed by atoms with Crippen molar-refractivity contribution in [1.82, 2.24) is 4.72 Å². The van der Waals surface area contributed by atoms with E-state index in [9.17, 15) is 13.8 Å². The number of amides is 1. The molecule has 0 bridgehead atoms. The van der Waals surface area contributed by atoms with Crippen molar-refractivity contribution in [3.8, 4) is 0 Å². The number of carbonyl (C=O) groups excluding carboxylic acids is 1. The summed E-state index contributed by atoms with van der Waals surface area (Å²) < 4.78 is 29.5. The Balaban J connectivity index is 1.57. The summed E-state index contributed by atoms with van der Waals surface area (Å²) in [6.07, 6.45) is 2.04. The monoisotopic (exact) mass is 494 g/mol. The van der Waals surface area contributed by atoms with E-state index in [2.05, 4.69) is 28.8 Å². The Labute approximate surface area is 204 Å². The van der Waals surface area contributed by atoms with E-state index >= 15 is 0 Å². The molecule has 3 heterocycles. The van der Waals surface area contributed by atoms with Crippen LogP contribution >= 0.6 is 0 Å². The van der Waals surface area contributed by atoms with Crippen LogP contribution in [0.1, 0.15) is 61.1 Å². The SMILES string of the molecule is Cc1cc([C@@H](C)Nc2cccc3c2[S@@](=N)(=O)NC3=O)c2oc(N3CCC(C)(C)CC3)cc(=O)c2c1. The van der Waals surface area contributed by atoms with Gasteiger partial charge in [0.05, 0.1) is 22.7 Å². The molecule has 1 saturated heterocycles. The third-order valence-corrected chi connectivity index (χ3v) is 8.53. The van der Waals surface area contributed by atoms with Crippen molar-refractivity contribution in [2.24, 2.45) is 5.41 Å². The molecule has 3 N–H and O–H groups in total. The van der Waals surface area contributed by atoms with Gasteiger partial charge in [-0.3, -0.25) is 14.3 Å². The van der Waals surface area contributed by atoms with Gasteiger partial charge in [-0.15, -0.1) is 0 Å². The van der Waals surface area contributed by atoms with Gasteiger partial charge < -0.3 is 14.6 Å². The predicted octanol–water partition coefficient (Wildman–Crippen LogP) is 4.96. The van der Waals surface area contributed by atoms with Crippen molar-refractivity contribution < 1.29 is 13.4 Å². The standard InChI is InChI=1S/C26H30N4O4S/c1-15-12-18(16(2)28-20-7-5-6-17-24(20)35(27,33)29-25(17)32)23-19(13-15)21(31)14-22(34-23)30-10-8-26(3,4)9-11-30/h5-7,12-14,16,28H,8-11H2,1-4H3,(H2,27,29,32,33)/t16-,35+/m1/s1. The fourth-order valence-electron chi connectivity index (χ4n) is 4.92. The van der Waals surface area contributed by atoms with Gasteiger partial charge >= 0.3 is 0 Å². The lowest BCUT2D eigenvalue weighted by Crippen LogP contribution is -2.37. The first-order valence-electron chi connectivity index (χ1n) is 11.8. The molecule has 0 unspecified atom stereocenters. The van der Waals surface area contributed by atoms with Crippen LogP contribution in [0.15, 0.2) is 50.5 Å². The van der Waals surface area contributed by atoms with Crippen LogP contribution in [0.2, 0.25) is 0 Å². The molecular formula is C26H30N4O4S. The van der Waals surface area contributed by atoms with Crippen LogP contribution in [-0.4, -0.2) is 23.2 Å². The van der Waals surface area contributed by atoms with Crippen molar-refractivity contribution in [1.29, 1.82) is 4.78 Å². The molecule has 0 saturated carbocycles. The molecule has 1 aromatic heterocycles. The fourth-order valence-corrected chi connectivity index (χ4v) is 6.30. The zero-order valence-corrected chi connectivity index (χ0v) is 21.2. The summed E-state index contributed by atoms with van der Waals surface area (Å²) in [7, 11) is -3.44. The van der Waals surface area contributed by atoms with E-state index < -0.39 is 15.8 Å². The molecule has 2 aliphatic rings. The smallest absolute Gasteiger partial charge is 0.265 e. The number of hydrogen-bond acceptors (Lipinski definition) is 7. The van der Waals surface area contributed by atoms with E-state index in [1.807, 2.05) is 26.0 Å². The number of anilines is 2. The number of rotatable bonds is 4. The van der Waals surface area contributed by atoms with E-state index in [-0.39, 0.29) is 27.3 Å². The first kappa shape index (κ1) is 23.4. The summed E-state index contributed by atoms with van der Waals surface area (Å²) in [5, 5.41) is 3.82. The van der Waals surface area contributed by atoms with Crippen LogP contribution < -0.4 is 20.4 Å². The second-order valence-corrected chi connectivity index (χ2v) is 12.1. The Morgan fingerprint density at radius 3 is 2.60 bits per heavy atom. The number of nitrogens with one attached hydrogen (secondary N) is 3. The number of benzene rings is 2. The highest BCUT2D eigenvalue weighted by molar-refractivity contribution is 7.91. The molecule has 0 spiro atoms. The Morgan fingerprint density at radius 2 is 1.89 bits per heavy atom. The zero-order valence-electron chi connectivity index (χ0n) is 20.4. The van der Waals surface area contributed by atoms with E-state index in [0.29, 0.717) is 22.5 Å². The molecule has 2 aromatic carbocycles. The minimum atomic E-state index is -3.44. The highest BCUT2D eigenvalue weighted by Gasteiger charge is 2.33. The summed E-state index contributed by atoms with van der Waals surface area (Å²) in [5.74, 6) is 0.0533. The number of hydrogen-bond donors (Lipinski definition) is 3. The van der Waals surface area contributed by atoms with Crippen molar-refractivity contribution >= 4 is 38.4 Å². The lowest BCUT2D eigenvalue weighted by atomic mass is 9.83. The van der Waals surface area contributed by atoms with Gasteiger partial charge in [-0.05, 0) is 55.9 Å². The normalized spacial score (nSPS) is 22.1. The zero-order chi connectivity index (χ0) is 25.1. The fraction of sp³-hybridized carbons (Fsp3) is 0.385. The molecule has 5 rings (SSSR count). The van der Waals surface area contributed by atoms with Crippen molar-refractivity contribution in [3.63, 3.8) is 0 Å². The van der Waals surface area contributed by atoms with Crippen LogP contribution in [-0.2, 0) is 9.92 Å². The third kappa shape index (κ3) is 4.18. The highest BCUT2D eigenvalue weighted by atomic mass is 32.2. The average Bonchev–Trinajstić information content (AvgIpc) is 3.02. The second kappa shape index (κ2) is 8.12. The summed E-state index contributed by atoms with van der Waals surface area (Å²) in [6, 6.07) is 10.00. The maximum atomic E-state index is 13.1. The molecule has 9 heteroatoms. The predicted molar refractivity (Wildman–Crippen MR) is 138 cm³/mol. The molecule has 1 fully saturated rings. The Bertz CT molecular complexity index is 1510. The quantitative estimate of drug-likeness (QED) is 0.472. The van der Waals surface area contributed by atoms with Crippen LogP contribution in [0, 0.1) is 17.1 Å². The Kier molecular flexibility index (Phi) is 5.43. The number of fused-ring (bicyclic) bond motifs is 2. The topological polar surface area (TPSA) is 116 Å². The molecular weight excluding hydrogens is 464 g/mol. The summed E-state index contributed by atoms with van der Waals surface area (Å²) in [4.78, 5) is 27.6. The first-order valence-corrected chi connectivity index (χ1v) is 13.3. The third-order valence-electron chi connectivity index (χ3n) is 7.04. The van der Waals surface area contributed by atoms with Gasteiger partial charge in [-0.2, -0.15) is 0 Å². The molecule has 8 nitrogen and oxygen atoms in total. The average molecular weight is 495 g/mol. The minimum Gasteiger partial charge on any atom is -0.440 e. The number of nitrogens with zero attached hydrogens (tertiary/aromatic N) is 1. The lowest BCUT2D eigenvalue weighted by molar-refractivity contribution is 0.0985. The number of aryl methyl sites for hydroxylation is 1. The summed E-state index contributed by atoms with van der Waals surface area (Å²) in [6.45, 7) is 10.0. The van der Waals surface area contributed by atoms with Gasteiger partial charge in [0.1, 0.15) is 10.5 Å². The van der Waals surface area contributed by atoms with E-state index in [4.69, 9.17) is 9.20 Å². The van der Waals surface area contributed by atoms with E-state index in [1.165, 1.54) is 0 Å². The second-order valence-electron chi connectivity index (χ2n) is 10.4. The van der Waals surface area contributed by atoms with Crippen LogP contribution in [0.3, 0.4) is 0 Å². The van der Waals surface area contributed by atoms with Gasteiger partial charge in [0.15, 0.2) is 21.2 Å². The van der Waals surface area contributed by atoms with E-state index in [0.717, 1.165) is 37.1 Å². The van der Waals surface area contributed by atoms with Crippen molar-refractivity contribution in [3.05, 3.63) is 63.3 Å². The van der Waals surface area contributed by atoms with Crippen LogP contribution in [0.25, 0.3) is 11.0 Å². The van der Waals surface area contributed by atoms with Gasteiger partial charge in [0, 0.05) is 24.7 Å². The van der Waals surface area contributed by atoms with Gasteiger partial charge in [0.25, 0.3) is 5.91 Å². The molecule has 1 amide bonds. The molecule has 2 atom stereocenters. The molecule has 3 aromatic rings. The van der Waals surface area contributed by atoms with Crippen LogP contribution in [0.5, 0.6) is 0 Å². The van der Waals surface area contributed by atoms with Gasteiger partial charge in [-0.25, -0.2) is 8.99 Å². The van der Waals surface area contributed by atoms with Crippen molar-refractivity contribution in [2.75, 3.05) is 23.3 Å². The molecule has 184 valence electrons. The van der Waals surface area contributed by atoms with Gasteiger partial charge in [-0.1, -0.05) is 26.0 Å². The molecule has 2 aliphatic heterocycles. The summed E-state index contributed by atoms with van der Waals surface area (Å²) in [5.41, 5.74) is 3.07. The van der Waals surface area contributed by atoms with E-state index in [1.54, 1.807) is 24.3 Å². The maximum Gasteiger partial charge on any atom is 0.265 e. The molecule has 35 heavy (non-hydrogen) atoms. The van der Waals surface area contributed by atoms with Crippen molar-refractivity contribution in [2.45, 2.75) is 51.5 Å². The highest BCUT2D eigenvalue weighted by Crippen LogP contribution is 2.36. The Morgan fingerprint density at radius 1 is 1.17 bits per heavy atom. The van der Waals surface area contributed by atoms with Gasteiger partial charge in [0.2, 0.25) is 0 Å². The number of piperidine rings is 1. The minimum absolute atomic E-state index is 0.0900. The molecule has 0 radical (unpaired) electrons. The lowest BCUT2D eigenvalue weighted by Gasteiger charge is -2.37. The number of carbonyl (C=O) groups is 1. The first-order chi connectivity index (χ1) is 16.4. The summed E-state index contributed by atoms with van der Waals surface area (Å²) >= 11 is 0. The largest absolute Gasteiger partial charge is 0.440 e.